The molecule has 2 aliphatic rings. The van der Waals surface area contributed by atoms with E-state index < -0.39 is 5.97 Å². The molecule has 8 nitrogen and oxygen atoms in total. The Balaban J connectivity index is 1.41. The van der Waals surface area contributed by atoms with Crippen LogP contribution in [0.3, 0.4) is 0 Å². The van der Waals surface area contributed by atoms with Gasteiger partial charge in [0.25, 0.3) is 0 Å². The van der Waals surface area contributed by atoms with Crippen LogP contribution >= 0.6 is 22.7 Å². The fourth-order valence-corrected chi connectivity index (χ4v) is 9.03. The first-order chi connectivity index (χ1) is 21.3. The van der Waals surface area contributed by atoms with Crippen molar-refractivity contribution in [2.75, 3.05) is 26.3 Å². The average Bonchev–Trinajstić information content (AvgIpc) is 3.69. The van der Waals surface area contributed by atoms with Crippen molar-refractivity contribution in [2.45, 2.75) is 58.9 Å². The molecule has 1 saturated heterocycles. The van der Waals surface area contributed by atoms with Crippen LogP contribution in [0, 0.1) is 19.8 Å². The molecule has 7 rings (SSSR count). The second-order valence-electron chi connectivity index (χ2n) is 12.1. The second kappa shape index (κ2) is 11.7. The van der Waals surface area contributed by atoms with Gasteiger partial charge >= 0.3 is 5.97 Å². The minimum atomic E-state index is -0.930. The highest BCUT2D eigenvalue weighted by molar-refractivity contribution is 7.21. The summed E-state index contributed by atoms with van der Waals surface area (Å²) in [5.74, 6) is -0.154. The van der Waals surface area contributed by atoms with E-state index in [1.54, 1.807) is 17.4 Å². The monoisotopic (exact) mass is 628 g/mol. The molecule has 1 amide bonds. The normalized spacial score (nSPS) is 19.2. The lowest BCUT2D eigenvalue weighted by atomic mass is 9.76. The predicted octanol–water partition coefficient (Wildman–Crippen LogP) is 7.51. The van der Waals surface area contributed by atoms with Crippen LogP contribution in [0.4, 0.5) is 0 Å². The Bertz CT molecular complexity index is 1900. The van der Waals surface area contributed by atoms with Gasteiger partial charge in [0.05, 0.1) is 55.9 Å². The number of amides is 1. The first-order valence-corrected chi connectivity index (χ1v) is 17.0. The van der Waals surface area contributed by atoms with Gasteiger partial charge in [0.1, 0.15) is 11.4 Å². The SMILES string of the molecule is Cc1nc(C)c(-c2ccc3cc(-c4c(C5CCCCC5C)c5sc(C(=O)O)cc5n4CC(=O)N4CCOCC4)ccc3n2)s1. The van der Waals surface area contributed by atoms with E-state index in [1.165, 1.54) is 23.3 Å². The summed E-state index contributed by atoms with van der Waals surface area (Å²) in [5, 5.41) is 12.0. The average molecular weight is 629 g/mol. The Hall–Kier alpha value is -3.60. The van der Waals surface area contributed by atoms with Gasteiger partial charge in [-0.1, -0.05) is 38.3 Å². The van der Waals surface area contributed by atoms with E-state index in [0.29, 0.717) is 37.1 Å². The van der Waals surface area contributed by atoms with Gasteiger partial charge in [-0.05, 0) is 67.5 Å². The van der Waals surface area contributed by atoms with Gasteiger partial charge in [-0.25, -0.2) is 14.8 Å². The number of rotatable bonds is 6. The molecule has 10 heteroatoms. The van der Waals surface area contributed by atoms with Gasteiger partial charge in [0.2, 0.25) is 5.91 Å². The van der Waals surface area contributed by atoms with Crippen LogP contribution < -0.4 is 0 Å². The number of pyridine rings is 1. The quantitative estimate of drug-likeness (QED) is 0.209. The minimum Gasteiger partial charge on any atom is -0.477 e. The number of nitrogens with zero attached hydrogens (tertiary/aromatic N) is 4. The number of aromatic nitrogens is 3. The largest absolute Gasteiger partial charge is 0.477 e. The van der Waals surface area contributed by atoms with E-state index in [-0.39, 0.29) is 18.4 Å². The van der Waals surface area contributed by atoms with Crippen LogP contribution in [0.2, 0.25) is 0 Å². The first-order valence-electron chi connectivity index (χ1n) is 15.4. The zero-order valence-corrected chi connectivity index (χ0v) is 26.9. The molecule has 5 aromatic rings. The molecule has 0 radical (unpaired) electrons. The molecular weight excluding hydrogens is 593 g/mol. The van der Waals surface area contributed by atoms with Crippen LogP contribution in [0.1, 0.15) is 64.5 Å². The number of morpholine rings is 1. The molecule has 1 N–H and O–H groups in total. The van der Waals surface area contributed by atoms with Crippen molar-refractivity contribution in [3.63, 3.8) is 0 Å². The number of thiazole rings is 1. The Labute approximate surface area is 264 Å². The number of carboxylic acids is 1. The second-order valence-corrected chi connectivity index (χ2v) is 14.3. The maximum Gasteiger partial charge on any atom is 0.345 e. The molecule has 2 unspecified atom stereocenters. The predicted molar refractivity (Wildman–Crippen MR) is 176 cm³/mol. The number of carboxylic acid groups (broad SMARTS) is 1. The molecule has 0 spiro atoms. The molecule has 4 aromatic heterocycles. The standard InChI is InChI=1S/C34H36N4O4S2/c1-19-6-4-5-7-24(19)30-31(23-9-10-25-22(16-23)8-11-26(36-25)32-20(2)35-21(3)43-32)38(18-29(39)37-12-14-42-15-13-37)27-17-28(34(40)41)44-33(27)30/h8-11,16-17,19,24H,4-7,12-15,18H2,1-3H3,(H,40,41). The van der Waals surface area contributed by atoms with Crippen molar-refractivity contribution in [2.24, 2.45) is 5.92 Å². The molecule has 1 saturated carbocycles. The smallest absolute Gasteiger partial charge is 0.345 e. The lowest BCUT2D eigenvalue weighted by Crippen LogP contribution is -2.42. The van der Waals surface area contributed by atoms with Gasteiger partial charge in [0, 0.05) is 18.5 Å². The van der Waals surface area contributed by atoms with Crippen LogP contribution in [0.25, 0.3) is 42.9 Å². The third-order valence-electron chi connectivity index (χ3n) is 9.22. The summed E-state index contributed by atoms with van der Waals surface area (Å²) in [6.45, 7) is 8.71. The molecule has 1 aromatic carbocycles. The zero-order chi connectivity index (χ0) is 30.5. The van der Waals surface area contributed by atoms with Gasteiger partial charge < -0.3 is 19.3 Å². The summed E-state index contributed by atoms with van der Waals surface area (Å²) in [5.41, 5.74) is 6.91. The number of hydrogen-bond acceptors (Lipinski definition) is 7. The number of thiophene rings is 1. The van der Waals surface area contributed by atoms with Crippen LogP contribution in [-0.4, -0.2) is 62.7 Å². The summed E-state index contributed by atoms with van der Waals surface area (Å²) >= 11 is 3.00. The molecule has 228 valence electrons. The Morgan fingerprint density at radius 3 is 2.55 bits per heavy atom. The van der Waals surface area contributed by atoms with E-state index in [2.05, 4.69) is 46.8 Å². The lowest BCUT2D eigenvalue weighted by Gasteiger charge is -2.30. The number of carbonyl (C=O) groups is 2. The lowest BCUT2D eigenvalue weighted by molar-refractivity contribution is -0.135. The molecular formula is C34H36N4O4S2. The van der Waals surface area contributed by atoms with Crippen molar-refractivity contribution in [1.29, 1.82) is 0 Å². The Morgan fingerprint density at radius 1 is 1.02 bits per heavy atom. The van der Waals surface area contributed by atoms with Crippen molar-refractivity contribution in [3.8, 4) is 21.8 Å². The fraction of sp³-hybridized carbons (Fsp3) is 0.412. The molecule has 1 aliphatic heterocycles. The van der Waals surface area contributed by atoms with E-state index in [1.807, 2.05) is 18.7 Å². The number of fused-ring (bicyclic) bond motifs is 2. The summed E-state index contributed by atoms with van der Waals surface area (Å²) in [4.78, 5) is 38.7. The van der Waals surface area contributed by atoms with Gasteiger partial charge in [0.15, 0.2) is 0 Å². The third kappa shape index (κ3) is 5.22. The van der Waals surface area contributed by atoms with Crippen LogP contribution in [0.5, 0.6) is 0 Å². The van der Waals surface area contributed by atoms with Crippen molar-refractivity contribution >= 4 is 55.7 Å². The number of aryl methyl sites for hydroxylation is 2. The third-order valence-corrected chi connectivity index (χ3v) is 11.5. The number of benzene rings is 1. The van der Waals surface area contributed by atoms with E-state index in [4.69, 9.17) is 9.72 Å². The van der Waals surface area contributed by atoms with Crippen molar-refractivity contribution in [1.82, 2.24) is 19.4 Å². The maximum atomic E-state index is 13.7. The summed E-state index contributed by atoms with van der Waals surface area (Å²) in [6, 6.07) is 12.3. The molecule has 0 bridgehead atoms. The molecule has 1 aliphatic carbocycles. The first kappa shape index (κ1) is 29.1. The van der Waals surface area contributed by atoms with E-state index >= 15 is 0 Å². The van der Waals surface area contributed by atoms with Crippen molar-refractivity contribution in [3.05, 3.63) is 57.5 Å². The minimum absolute atomic E-state index is 0.0279. The van der Waals surface area contributed by atoms with Gasteiger partial charge in [-0.2, -0.15) is 0 Å². The highest BCUT2D eigenvalue weighted by Gasteiger charge is 2.33. The molecule has 2 atom stereocenters. The highest BCUT2D eigenvalue weighted by atomic mass is 32.1. The Morgan fingerprint density at radius 2 is 1.82 bits per heavy atom. The highest BCUT2D eigenvalue weighted by Crippen LogP contribution is 2.49. The van der Waals surface area contributed by atoms with Gasteiger partial charge in [-0.15, -0.1) is 22.7 Å². The molecule has 5 heterocycles. The maximum absolute atomic E-state index is 13.7. The summed E-state index contributed by atoms with van der Waals surface area (Å²) < 4.78 is 8.59. The number of hydrogen-bond donors (Lipinski definition) is 1. The Kier molecular flexibility index (Phi) is 7.76. The van der Waals surface area contributed by atoms with E-state index in [0.717, 1.165) is 72.9 Å². The fourth-order valence-electron chi connectivity index (χ4n) is 7.03. The van der Waals surface area contributed by atoms with E-state index in [9.17, 15) is 14.7 Å². The summed E-state index contributed by atoms with van der Waals surface area (Å²) in [6.07, 6.45) is 4.55. The van der Waals surface area contributed by atoms with Gasteiger partial charge in [-0.3, -0.25) is 4.79 Å². The van der Waals surface area contributed by atoms with Crippen molar-refractivity contribution < 1.29 is 19.4 Å². The summed E-state index contributed by atoms with van der Waals surface area (Å²) in [7, 11) is 0. The number of ether oxygens (including phenoxy) is 1. The topological polar surface area (TPSA) is 97.5 Å². The van der Waals surface area contributed by atoms with Crippen LogP contribution in [-0.2, 0) is 16.1 Å². The zero-order valence-electron chi connectivity index (χ0n) is 25.3. The molecule has 2 fully saturated rings. The van der Waals surface area contributed by atoms with Crippen LogP contribution in [0.15, 0.2) is 36.4 Å². The molecule has 44 heavy (non-hydrogen) atoms. The number of aromatic carboxylic acids is 1. The number of carbonyl (C=O) groups excluding carboxylic acids is 1.